The van der Waals surface area contributed by atoms with E-state index in [-0.39, 0.29) is 6.04 Å². The molecule has 0 radical (unpaired) electrons. The van der Waals surface area contributed by atoms with Gasteiger partial charge in [0.2, 0.25) is 5.95 Å². The summed E-state index contributed by atoms with van der Waals surface area (Å²) in [5, 5.41) is 3.55. The molecule has 0 spiro atoms. The predicted octanol–water partition coefficient (Wildman–Crippen LogP) is 5.71. The second kappa shape index (κ2) is 6.13. The zero-order valence-corrected chi connectivity index (χ0v) is 15.5. The Bertz CT molecular complexity index is 1170. The number of rotatable bonds is 2. The van der Waals surface area contributed by atoms with Crippen LogP contribution in [0.4, 0.5) is 5.95 Å². The predicted molar refractivity (Wildman–Crippen MR) is 112 cm³/mol. The standard InChI is InChI=1S/C24H21N3/c1-16-10-12-18(13-11-16)21-15-23(19-7-5-6-17(2)14-19)27-22-9-4-3-8-20(22)25-24(27)26-21/h3-15,23H,1-2H3,(H,25,26). The maximum Gasteiger partial charge on any atom is 0.209 e. The molecule has 3 heteroatoms. The lowest BCUT2D eigenvalue weighted by Gasteiger charge is -2.27. The van der Waals surface area contributed by atoms with E-state index in [1.54, 1.807) is 0 Å². The molecule has 0 saturated heterocycles. The van der Waals surface area contributed by atoms with Gasteiger partial charge in [0.05, 0.1) is 17.1 Å². The Morgan fingerprint density at radius 2 is 1.67 bits per heavy atom. The number of nitrogens with zero attached hydrogens (tertiary/aromatic N) is 2. The van der Waals surface area contributed by atoms with E-state index in [0.29, 0.717) is 0 Å². The quantitative estimate of drug-likeness (QED) is 0.501. The average Bonchev–Trinajstić information content (AvgIpc) is 3.06. The second-order valence-electron chi connectivity index (χ2n) is 7.22. The van der Waals surface area contributed by atoms with E-state index in [1.165, 1.54) is 22.3 Å². The molecule has 3 aromatic carbocycles. The summed E-state index contributed by atoms with van der Waals surface area (Å²) >= 11 is 0. The van der Waals surface area contributed by atoms with Crippen molar-refractivity contribution in [1.29, 1.82) is 0 Å². The fourth-order valence-electron chi connectivity index (χ4n) is 3.81. The molecule has 132 valence electrons. The van der Waals surface area contributed by atoms with Gasteiger partial charge in [0.1, 0.15) is 0 Å². The van der Waals surface area contributed by atoms with Crippen LogP contribution in [0.2, 0.25) is 0 Å². The Hall–Kier alpha value is -3.33. The summed E-state index contributed by atoms with van der Waals surface area (Å²) in [5.74, 6) is 0.890. The molecular weight excluding hydrogens is 330 g/mol. The number of aromatic nitrogens is 2. The molecule has 5 rings (SSSR count). The third-order valence-electron chi connectivity index (χ3n) is 5.19. The molecule has 1 atom stereocenters. The van der Waals surface area contributed by atoms with E-state index in [9.17, 15) is 0 Å². The molecule has 0 aliphatic carbocycles. The lowest BCUT2D eigenvalue weighted by Crippen LogP contribution is -2.19. The molecule has 0 bridgehead atoms. The van der Waals surface area contributed by atoms with Gasteiger partial charge in [-0.2, -0.15) is 0 Å². The van der Waals surface area contributed by atoms with Crippen LogP contribution >= 0.6 is 0 Å². The number of allylic oxidation sites excluding steroid dienone is 1. The van der Waals surface area contributed by atoms with Crippen LogP contribution in [0.3, 0.4) is 0 Å². The first-order valence-corrected chi connectivity index (χ1v) is 9.28. The molecule has 3 nitrogen and oxygen atoms in total. The molecule has 0 saturated carbocycles. The highest BCUT2D eigenvalue weighted by atomic mass is 15.2. The molecule has 1 N–H and O–H groups in total. The number of fused-ring (bicyclic) bond motifs is 3. The molecular formula is C24H21N3. The van der Waals surface area contributed by atoms with Crippen molar-refractivity contribution in [3.8, 4) is 0 Å². The lowest BCUT2D eigenvalue weighted by molar-refractivity contribution is 0.720. The fourth-order valence-corrected chi connectivity index (χ4v) is 3.81. The Labute approximate surface area is 159 Å². The van der Waals surface area contributed by atoms with Crippen molar-refractivity contribution < 1.29 is 0 Å². The van der Waals surface area contributed by atoms with Crippen molar-refractivity contribution in [3.05, 3.63) is 101 Å². The van der Waals surface area contributed by atoms with E-state index in [0.717, 1.165) is 22.7 Å². The van der Waals surface area contributed by atoms with Crippen LogP contribution in [0.25, 0.3) is 16.7 Å². The smallest absolute Gasteiger partial charge is 0.209 e. The number of hydrogen-bond acceptors (Lipinski definition) is 2. The highest BCUT2D eigenvalue weighted by Gasteiger charge is 2.25. The van der Waals surface area contributed by atoms with Crippen LogP contribution in [-0.2, 0) is 0 Å². The molecule has 2 heterocycles. The van der Waals surface area contributed by atoms with Gasteiger partial charge < -0.3 is 5.32 Å². The van der Waals surface area contributed by atoms with Gasteiger partial charge in [-0.1, -0.05) is 71.8 Å². The first-order chi connectivity index (χ1) is 13.2. The van der Waals surface area contributed by atoms with Crippen molar-refractivity contribution in [1.82, 2.24) is 9.55 Å². The van der Waals surface area contributed by atoms with E-state index < -0.39 is 0 Å². The Balaban J connectivity index is 1.72. The first kappa shape index (κ1) is 15.9. The molecule has 4 aromatic rings. The van der Waals surface area contributed by atoms with Crippen molar-refractivity contribution in [2.45, 2.75) is 19.9 Å². The second-order valence-corrected chi connectivity index (χ2v) is 7.22. The number of hydrogen-bond donors (Lipinski definition) is 1. The van der Waals surface area contributed by atoms with Gasteiger partial charge in [0, 0.05) is 5.70 Å². The van der Waals surface area contributed by atoms with Crippen molar-refractivity contribution in [3.63, 3.8) is 0 Å². The van der Waals surface area contributed by atoms with Gasteiger partial charge in [-0.3, -0.25) is 4.57 Å². The van der Waals surface area contributed by atoms with Gasteiger partial charge in [-0.05, 0) is 43.2 Å². The minimum absolute atomic E-state index is 0.102. The van der Waals surface area contributed by atoms with Gasteiger partial charge in [-0.25, -0.2) is 4.98 Å². The summed E-state index contributed by atoms with van der Waals surface area (Å²) in [6.45, 7) is 4.25. The molecule has 1 aliphatic heterocycles. The fraction of sp³-hybridized carbons (Fsp3) is 0.125. The normalized spacial score (nSPS) is 15.9. The first-order valence-electron chi connectivity index (χ1n) is 9.28. The monoisotopic (exact) mass is 351 g/mol. The molecule has 27 heavy (non-hydrogen) atoms. The SMILES string of the molecule is Cc1ccc(C2=CC(c3cccc(C)c3)n3c(nc4ccccc43)N2)cc1. The molecule has 0 amide bonds. The maximum absolute atomic E-state index is 4.86. The topological polar surface area (TPSA) is 29.9 Å². The third-order valence-corrected chi connectivity index (χ3v) is 5.19. The minimum atomic E-state index is 0.102. The van der Waals surface area contributed by atoms with Crippen molar-refractivity contribution in [2.75, 3.05) is 5.32 Å². The third kappa shape index (κ3) is 2.72. The van der Waals surface area contributed by atoms with Gasteiger partial charge >= 0.3 is 0 Å². The minimum Gasteiger partial charge on any atom is -0.325 e. The number of anilines is 1. The van der Waals surface area contributed by atoms with Crippen LogP contribution in [0, 0.1) is 13.8 Å². The van der Waals surface area contributed by atoms with E-state index in [4.69, 9.17) is 4.98 Å². The van der Waals surface area contributed by atoms with Crippen LogP contribution in [0.5, 0.6) is 0 Å². The number of imidazole rings is 1. The Kier molecular flexibility index (Phi) is 3.61. The Morgan fingerprint density at radius 1 is 0.852 bits per heavy atom. The van der Waals surface area contributed by atoms with Crippen molar-refractivity contribution >= 4 is 22.7 Å². The number of benzene rings is 3. The molecule has 1 aliphatic rings. The molecule has 1 aromatic heterocycles. The maximum atomic E-state index is 4.86. The van der Waals surface area contributed by atoms with Gasteiger partial charge in [0.25, 0.3) is 0 Å². The van der Waals surface area contributed by atoms with E-state index in [2.05, 4.69) is 96.5 Å². The number of nitrogens with one attached hydrogen (secondary N) is 1. The summed E-state index contributed by atoms with van der Waals surface area (Å²) in [6.07, 6.45) is 2.31. The van der Waals surface area contributed by atoms with E-state index in [1.807, 2.05) is 6.07 Å². The Morgan fingerprint density at radius 3 is 2.48 bits per heavy atom. The van der Waals surface area contributed by atoms with Crippen LogP contribution in [0.15, 0.2) is 78.9 Å². The average molecular weight is 351 g/mol. The summed E-state index contributed by atoms with van der Waals surface area (Å²) in [7, 11) is 0. The van der Waals surface area contributed by atoms with Gasteiger partial charge in [-0.15, -0.1) is 0 Å². The highest BCUT2D eigenvalue weighted by molar-refractivity contribution is 5.85. The zero-order valence-electron chi connectivity index (χ0n) is 15.5. The number of para-hydroxylation sites is 2. The van der Waals surface area contributed by atoms with Crippen LogP contribution in [-0.4, -0.2) is 9.55 Å². The van der Waals surface area contributed by atoms with Crippen molar-refractivity contribution in [2.24, 2.45) is 0 Å². The lowest BCUT2D eigenvalue weighted by atomic mass is 9.99. The van der Waals surface area contributed by atoms with Crippen LogP contribution < -0.4 is 5.32 Å². The summed E-state index contributed by atoms with van der Waals surface area (Å²) in [5.41, 5.74) is 8.23. The number of aryl methyl sites for hydroxylation is 2. The summed E-state index contributed by atoms with van der Waals surface area (Å²) in [6, 6.07) is 25.8. The summed E-state index contributed by atoms with van der Waals surface area (Å²) in [4.78, 5) is 4.86. The molecule has 0 fully saturated rings. The summed E-state index contributed by atoms with van der Waals surface area (Å²) < 4.78 is 2.29. The highest BCUT2D eigenvalue weighted by Crippen LogP contribution is 2.37. The zero-order chi connectivity index (χ0) is 18.4. The van der Waals surface area contributed by atoms with Crippen LogP contribution in [0.1, 0.15) is 28.3 Å². The largest absolute Gasteiger partial charge is 0.325 e. The van der Waals surface area contributed by atoms with E-state index >= 15 is 0 Å². The molecule has 1 unspecified atom stereocenters. The van der Waals surface area contributed by atoms with Gasteiger partial charge in [0.15, 0.2) is 0 Å².